The highest BCUT2D eigenvalue weighted by molar-refractivity contribution is 6.29. The molecule has 1 aromatic heterocycles. The zero-order valence-corrected chi connectivity index (χ0v) is 11.5. The molecule has 2 aromatic rings. The lowest BCUT2D eigenvalue weighted by atomic mass is 10.2. The first-order valence-electron chi connectivity index (χ1n) is 6.09. The lowest BCUT2D eigenvalue weighted by Crippen LogP contribution is -2.09. The first-order valence-corrected chi connectivity index (χ1v) is 6.46. The largest absolute Gasteiger partial charge is 0.454 e. The van der Waals surface area contributed by atoms with Gasteiger partial charge >= 0.3 is 0 Å². The molecule has 6 nitrogen and oxygen atoms in total. The summed E-state index contributed by atoms with van der Waals surface area (Å²) in [5.74, 6) is 1.39. The molecule has 7 heteroatoms. The fraction of sp³-hybridized carbons (Fsp3) is 0.0714. The van der Waals surface area contributed by atoms with Gasteiger partial charge in [-0.3, -0.25) is 4.79 Å². The van der Waals surface area contributed by atoms with E-state index in [9.17, 15) is 4.79 Å². The third-order valence-electron chi connectivity index (χ3n) is 2.71. The highest BCUT2D eigenvalue weighted by atomic mass is 35.5. The number of amides is 1. The molecule has 1 aromatic carbocycles. The number of halogens is 1. The Bertz CT molecular complexity index is 701. The highest BCUT2D eigenvalue weighted by Crippen LogP contribution is 2.32. The van der Waals surface area contributed by atoms with Crippen molar-refractivity contribution in [1.29, 1.82) is 0 Å². The number of hydrogen-bond donors (Lipinski definition) is 1. The van der Waals surface area contributed by atoms with Crippen LogP contribution < -0.4 is 14.8 Å². The molecule has 1 N–H and O–H groups in total. The van der Waals surface area contributed by atoms with Crippen LogP contribution in [0.4, 0.5) is 5.82 Å². The summed E-state index contributed by atoms with van der Waals surface area (Å²) < 4.78 is 10.5. The number of anilines is 1. The van der Waals surface area contributed by atoms with E-state index in [1.54, 1.807) is 30.3 Å². The Hall–Kier alpha value is -2.60. The van der Waals surface area contributed by atoms with Crippen LogP contribution in [0.5, 0.6) is 11.5 Å². The number of hydrogen-bond acceptors (Lipinski definition) is 5. The van der Waals surface area contributed by atoms with Crippen LogP contribution in [-0.4, -0.2) is 22.9 Å². The highest BCUT2D eigenvalue weighted by Gasteiger charge is 2.12. The number of nitrogens with zero attached hydrogens (tertiary/aromatic N) is 2. The number of benzene rings is 1. The van der Waals surface area contributed by atoms with Gasteiger partial charge in [-0.05, 0) is 35.9 Å². The summed E-state index contributed by atoms with van der Waals surface area (Å²) >= 11 is 5.61. The van der Waals surface area contributed by atoms with Crippen molar-refractivity contribution in [3.8, 4) is 11.5 Å². The van der Waals surface area contributed by atoms with E-state index in [-0.39, 0.29) is 17.9 Å². The molecule has 0 atom stereocenters. The summed E-state index contributed by atoms with van der Waals surface area (Å²) in [6, 6.07) is 8.55. The van der Waals surface area contributed by atoms with Gasteiger partial charge in [-0.2, -0.15) is 0 Å². The minimum absolute atomic E-state index is 0.220. The maximum absolute atomic E-state index is 11.7. The summed E-state index contributed by atoms with van der Waals surface area (Å²) in [5, 5.41) is 10.2. The maximum atomic E-state index is 11.7. The number of fused-ring (bicyclic) bond motifs is 1. The maximum Gasteiger partial charge on any atom is 0.249 e. The van der Waals surface area contributed by atoms with E-state index >= 15 is 0 Å². The Balaban J connectivity index is 1.65. The zero-order chi connectivity index (χ0) is 14.7. The molecule has 106 valence electrons. The molecule has 1 aliphatic heterocycles. The molecular formula is C14H10ClN3O3. The first kappa shape index (κ1) is 13.4. The Labute approximate surface area is 125 Å². The molecule has 0 spiro atoms. The number of carbonyl (C=O) groups excluding carboxylic acids is 1. The zero-order valence-electron chi connectivity index (χ0n) is 10.7. The van der Waals surface area contributed by atoms with Crippen molar-refractivity contribution >= 4 is 29.4 Å². The van der Waals surface area contributed by atoms with Crippen LogP contribution in [0.1, 0.15) is 5.56 Å². The fourth-order valence-corrected chi connectivity index (χ4v) is 1.84. The molecule has 0 bridgehead atoms. The molecule has 0 saturated heterocycles. The molecule has 1 aliphatic rings. The minimum Gasteiger partial charge on any atom is -0.454 e. The van der Waals surface area contributed by atoms with Crippen molar-refractivity contribution in [2.24, 2.45) is 0 Å². The first-order chi connectivity index (χ1) is 10.2. The second kappa shape index (κ2) is 5.80. The van der Waals surface area contributed by atoms with E-state index < -0.39 is 0 Å². The second-order valence-electron chi connectivity index (χ2n) is 4.18. The molecule has 3 rings (SSSR count). The summed E-state index contributed by atoms with van der Waals surface area (Å²) in [4.78, 5) is 11.7. The van der Waals surface area contributed by atoms with Crippen molar-refractivity contribution in [1.82, 2.24) is 10.2 Å². The predicted molar refractivity (Wildman–Crippen MR) is 77.3 cm³/mol. The quantitative estimate of drug-likeness (QED) is 0.882. The second-order valence-corrected chi connectivity index (χ2v) is 4.56. The Morgan fingerprint density at radius 3 is 2.86 bits per heavy atom. The summed E-state index contributed by atoms with van der Waals surface area (Å²) in [6.07, 6.45) is 3.06. The number of aromatic nitrogens is 2. The van der Waals surface area contributed by atoms with Gasteiger partial charge in [-0.25, -0.2) is 0 Å². The van der Waals surface area contributed by atoms with E-state index in [2.05, 4.69) is 15.5 Å². The van der Waals surface area contributed by atoms with Gasteiger partial charge in [-0.15, -0.1) is 10.2 Å². The van der Waals surface area contributed by atoms with Crippen molar-refractivity contribution < 1.29 is 14.3 Å². The topological polar surface area (TPSA) is 73.3 Å². The monoisotopic (exact) mass is 303 g/mol. The molecule has 0 saturated carbocycles. The Morgan fingerprint density at radius 2 is 2.05 bits per heavy atom. The lowest BCUT2D eigenvalue weighted by Gasteiger charge is -2.00. The van der Waals surface area contributed by atoms with Crippen LogP contribution in [0, 0.1) is 0 Å². The molecule has 0 aliphatic carbocycles. The van der Waals surface area contributed by atoms with Gasteiger partial charge in [0.05, 0.1) is 0 Å². The van der Waals surface area contributed by atoms with Gasteiger partial charge in [0, 0.05) is 6.08 Å². The van der Waals surface area contributed by atoms with Crippen molar-refractivity contribution in [3.05, 3.63) is 47.1 Å². The van der Waals surface area contributed by atoms with E-state index in [1.807, 2.05) is 6.07 Å². The van der Waals surface area contributed by atoms with Gasteiger partial charge in [0.2, 0.25) is 12.7 Å². The third kappa shape index (κ3) is 3.29. The van der Waals surface area contributed by atoms with Crippen LogP contribution >= 0.6 is 11.6 Å². The van der Waals surface area contributed by atoms with Crippen LogP contribution in [0.3, 0.4) is 0 Å². The van der Waals surface area contributed by atoms with Crippen LogP contribution in [-0.2, 0) is 4.79 Å². The molecule has 0 fully saturated rings. The van der Waals surface area contributed by atoms with E-state index in [1.165, 1.54) is 6.08 Å². The summed E-state index contributed by atoms with van der Waals surface area (Å²) in [7, 11) is 0. The van der Waals surface area contributed by atoms with E-state index in [4.69, 9.17) is 21.1 Å². The molecule has 21 heavy (non-hydrogen) atoms. The third-order valence-corrected chi connectivity index (χ3v) is 2.91. The number of carbonyl (C=O) groups is 1. The predicted octanol–water partition coefficient (Wildman–Crippen LogP) is 2.51. The van der Waals surface area contributed by atoms with Crippen molar-refractivity contribution in [2.75, 3.05) is 12.1 Å². The molecule has 0 unspecified atom stereocenters. The summed E-state index contributed by atoms with van der Waals surface area (Å²) in [6.45, 7) is 0.220. The van der Waals surface area contributed by atoms with Gasteiger partial charge in [-0.1, -0.05) is 17.7 Å². The minimum atomic E-state index is -0.315. The van der Waals surface area contributed by atoms with E-state index in [0.29, 0.717) is 17.3 Å². The lowest BCUT2D eigenvalue weighted by molar-refractivity contribution is -0.111. The SMILES string of the molecule is O=C(/C=C/c1ccc2c(c1)OCO2)Nc1ccc(Cl)nn1. The average molecular weight is 304 g/mol. The average Bonchev–Trinajstić information content (AvgIpc) is 2.95. The van der Waals surface area contributed by atoms with Crippen LogP contribution in [0.15, 0.2) is 36.4 Å². The smallest absolute Gasteiger partial charge is 0.249 e. The molecular weight excluding hydrogens is 294 g/mol. The normalized spacial score (nSPS) is 12.6. The van der Waals surface area contributed by atoms with Gasteiger partial charge in [0.25, 0.3) is 0 Å². The standard InChI is InChI=1S/C14H10ClN3O3/c15-12-4-5-13(18-17-12)16-14(19)6-2-9-1-3-10-11(7-9)21-8-20-10/h1-7H,8H2,(H,16,18,19)/b6-2+. The van der Waals surface area contributed by atoms with Crippen LogP contribution in [0.25, 0.3) is 6.08 Å². The molecule has 1 amide bonds. The van der Waals surface area contributed by atoms with Gasteiger partial charge in [0.15, 0.2) is 22.5 Å². The van der Waals surface area contributed by atoms with Gasteiger partial charge in [0.1, 0.15) is 0 Å². The molecule has 2 heterocycles. The Kier molecular flexibility index (Phi) is 3.70. The van der Waals surface area contributed by atoms with E-state index in [0.717, 1.165) is 5.56 Å². The van der Waals surface area contributed by atoms with Crippen LogP contribution in [0.2, 0.25) is 5.15 Å². The fourth-order valence-electron chi connectivity index (χ4n) is 1.74. The number of nitrogens with one attached hydrogen (secondary N) is 1. The number of rotatable bonds is 3. The van der Waals surface area contributed by atoms with Crippen molar-refractivity contribution in [2.45, 2.75) is 0 Å². The van der Waals surface area contributed by atoms with Gasteiger partial charge < -0.3 is 14.8 Å². The number of ether oxygens (including phenoxy) is 2. The Morgan fingerprint density at radius 1 is 1.19 bits per heavy atom. The molecule has 0 radical (unpaired) electrons. The van der Waals surface area contributed by atoms with Crippen molar-refractivity contribution in [3.63, 3.8) is 0 Å². The summed E-state index contributed by atoms with van der Waals surface area (Å²) in [5.41, 5.74) is 0.830.